The third-order valence-electron chi connectivity index (χ3n) is 2.65. The third-order valence-corrected chi connectivity index (χ3v) is 2.65. The fraction of sp³-hybridized carbons (Fsp3) is 0.0714. The van der Waals surface area contributed by atoms with Gasteiger partial charge in [-0.3, -0.25) is 0 Å². The van der Waals surface area contributed by atoms with Gasteiger partial charge in [0.05, 0.1) is 7.11 Å². The zero-order valence-electron chi connectivity index (χ0n) is 9.75. The Morgan fingerprint density at radius 1 is 1.11 bits per heavy atom. The number of hydrogen-bond acceptors (Lipinski definition) is 3. The summed E-state index contributed by atoms with van der Waals surface area (Å²) in [6, 6.07) is 10.9. The number of rotatable bonds is 3. The molecule has 0 unspecified atom stereocenters. The van der Waals surface area contributed by atoms with Crippen LogP contribution in [0.25, 0.3) is 16.8 Å². The van der Waals surface area contributed by atoms with E-state index in [0.29, 0.717) is 11.3 Å². The first-order valence-electron chi connectivity index (χ1n) is 5.33. The average molecular weight is 244 g/mol. The molecule has 0 aliphatic rings. The monoisotopic (exact) mass is 244 g/mol. The van der Waals surface area contributed by atoms with Gasteiger partial charge >= 0.3 is 5.97 Å². The molecular formula is C14H12O4. The number of benzene rings is 2. The van der Waals surface area contributed by atoms with E-state index in [1.807, 2.05) is 24.3 Å². The summed E-state index contributed by atoms with van der Waals surface area (Å²) in [6.07, 6.45) is 1.23. The Hall–Kier alpha value is -2.49. The summed E-state index contributed by atoms with van der Waals surface area (Å²) in [7, 11) is 1.58. The predicted molar refractivity (Wildman–Crippen MR) is 68.7 cm³/mol. The third kappa shape index (κ3) is 2.13. The number of carboxylic acid groups (broad SMARTS) is 1. The highest BCUT2D eigenvalue weighted by Gasteiger charge is 2.08. The van der Waals surface area contributed by atoms with Gasteiger partial charge in [-0.15, -0.1) is 0 Å². The number of aliphatic carboxylic acids is 1. The number of aliphatic hydroxyl groups excluding tert-OH is 1. The van der Waals surface area contributed by atoms with E-state index in [4.69, 9.17) is 9.84 Å². The number of carbonyl (C=O) groups is 1. The smallest absolute Gasteiger partial charge is 0.370 e. The quantitative estimate of drug-likeness (QED) is 0.643. The highest BCUT2D eigenvalue weighted by atomic mass is 16.5. The van der Waals surface area contributed by atoms with Crippen molar-refractivity contribution in [3.8, 4) is 5.75 Å². The molecule has 0 aliphatic carbocycles. The molecule has 2 aromatic rings. The molecule has 0 saturated heterocycles. The van der Waals surface area contributed by atoms with Crippen LogP contribution in [0.5, 0.6) is 5.75 Å². The molecule has 4 nitrogen and oxygen atoms in total. The van der Waals surface area contributed by atoms with E-state index >= 15 is 0 Å². The normalized spacial score (nSPS) is 11.5. The summed E-state index contributed by atoms with van der Waals surface area (Å²) in [5, 5.41) is 19.7. The van der Waals surface area contributed by atoms with Crippen LogP contribution in [0.2, 0.25) is 0 Å². The lowest BCUT2D eigenvalue weighted by Crippen LogP contribution is -1.98. The summed E-state index contributed by atoms with van der Waals surface area (Å²) < 4.78 is 5.24. The minimum atomic E-state index is -1.35. The lowest BCUT2D eigenvalue weighted by atomic mass is 10.0. The van der Waals surface area contributed by atoms with Gasteiger partial charge in [0.2, 0.25) is 5.76 Å². The molecule has 0 radical (unpaired) electrons. The molecule has 0 heterocycles. The molecule has 0 amide bonds. The maximum atomic E-state index is 10.6. The van der Waals surface area contributed by atoms with Crippen LogP contribution in [0.4, 0.5) is 0 Å². The molecule has 4 heteroatoms. The van der Waals surface area contributed by atoms with Crippen LogP contribution in [-0.2, 0) is 4.79 Å². The van der Waals surface area contributed by atoms with Crippen molar-refractivity contribution < 1.29 is 19.7 Å². The van der Waals surface area contributed by atoms with Crippen molar-refractivity contribution >= 4 is 22.8 Å². The second-order valence-corrected chi connectivity index (χ2v) is 3.74. The summed E-state index contributed by atoms with van der Waals surface area (Å²) >= 11 is 0. The summed E-state index contributed by atoms with van der Waals surface area (Å²) in [4.78, 5) is 10.6. The molecule has 2 rings (SSSR count). The van der Waals surface area contributed by atoms with Crippen LogP contribution in [0.1, 0.15) is 5.56 Å². The minimum absolute atomic E-state index is 0.631. The van der Waals surface area contributed by atoms with Gasteiger partial charge in [-0.25, -0.2) is 4.79 Å². The minimum Gasteiger partial charge on any atom is -0.502 e. The van der Waals surface area contributed by atoms with Crippen molar-refractivity contribution in [3.63, 3.8) is 0 Å². The molecule has 0 atom stereocenters. The Morgan fingerprint density at radius 2 is 1.78 bits per heavy atom. The van der Waals surface area contributed by atoms with Gasteiger partial charge in [-0.05, 0) is 23.1 Å². The fourth-order valence-corrected chi connectivity index (χ4v) is 1.81. The molecule has 2 aromatic carbocycles. The zero-order chi connectivity index (χ0) is 13.1. The number of hydrogen-bond donors (Lipinski definition) is 2. The fourth-order valence-electron chi connectivity index (χ4n) is 1.81. The Bertz CT molecular complexity index is 629. The Kier molecular flexibility index (Phi) is 3.19. The van der Waals surface area contributed by atoms with Gasteiger partial charge in [0.25, 0.3) is 0 Å². The second kappa shape index (κ2) is 4.79. The number of ether oxygens (including phenoxy) is 1. The van der Waals surface area contributed by atoms with Crippen LogP contribution in [0, 0.1) is 0 Å². The molecule has 0 fully saturated rings. The first kappa shape index (κ1) is 12.0. The van der Waals surface area contributed by atoms with Gasteiger partial charge in [-0.2, -0.15) is 0 Å². The van der Waals surface area contributed by atoms with Crippen molar-refractivity contribution in [1.82, 2.24) is 0 Å². The van der Waals surface area contributed by atoms with Gasteiger partial charge in [0.15, 0.2) is 0 Å². The van der Waals surface area contributed by atoms with E-state index in [-0.39, 0.29) is 0 Å². The van der Waals surface area contributed by atoms with E-state index < -0.39 is 11.7 Å². The highest BCUT2D eigenvalue weighted by molar-refractivity contribution is 5.98. The number of carboxylic acids is 1. The molecule has 0 bridgehead atoms. The predicted octanol–water partition coefficient (Wildman–Crippen LogP) is 2.83. The maximum absolute atomic E-state index is 10.6. The maximum Gasteiger partial charge on any atom is 0.370 e. The van der Waals surface area contributed by atoms with Crippen LogP contribution in [0.3, 0.4) is 0 Å². The van der Waals surface area contributed by atoms with Crippen molar-refractivity contribution in [1.29, 1.82) is 0 Å². The molecule has 18 heavy (non-hydrogen) atoms. The summed E-state index contributed by atoms with van der Waals surface area (Å²) in [6.45, 7) is 0. The van der Waals surface area contributed by atoms with Crippen molar-refractivity contribution in [2.75, 3.05) is 7.11 Å². The Labute approximate surface area is 104 Å². The number of methoxy groups -OCH3 is 1. The zero-order valence-corrected chi connectivity index (χ0v) is 9.75. The van der Waals surface area contributed by atoms with Crippen LogP contribution < -0.4 is 4.74 Å². The van der Waals surface area contributed by atoms with Gasteiger partial charge < -0.3 is 14.9 Å². The molecular weight excluding hydrogens is 232 g/mol. The van der Waals surface area contributed by atoms with E-state index in [1.54, 1.807) is 19.2 Å². The molecule has 0 aliphatic heterocycles. The summed E-state index contributed by atoms with van der Waals surface area (Å²) in [5.41, 5.74) is 0.631. The van der Waals surface area contributed by atoms with E-state index in [2.05, 4.69) is 0 Å². The van der Waals surface area contributed by atoms with Gasteiger partial charge in [-0.1, -0.05) is 30.3 Å². The standard InChI is InChI=1S/C14H12O4/c1-18-13-7-6-9(8-12(15)14(16)17)10-4-2-3-5-11(10)13/h2-8,15H,1H3,(H,16,17)/b12-8-. The SMILES string of the molecule is COc1ccc(/C=C(\O)C(=O)O)c2ccccc12. The average Bonchev–Trinajstić information content (AvgIpc) is 2.39. The van der Waals surface area contributed by atoms with E-state index in [1.165, 1.54) is 6.08 Å². The number of aliphatic hydroxyl groups is 1. The Balaban J connectivity index is 2.67. The number of fused-ring (bicyclic) bond motifs is 1. The molecule has 2 N–H and O–H groups in total. The second-order valence-electron chi connectivity index (χ2n) is 3.74. The van der Waals surface area contributed by atoms with Crippen molar-refractivity contribution in [2.24, 2.45) is 0 Å². The molecule has 0 spiro atoms. The van der Waals surface area contributed by atoms with Crippen LogP contribution >= 0.6 is 0 Å². The van der Waals surface area contributed by atoms with Crippen molar-refractivity contribution in [3.05, 3.63) is 47.7 Å². The largest absolute Gasteiger partial charge is 0.502 e. The van der Waals surface area contributed by atoms with E-state index in [9.17, 15) is 9.90 Å². The lowest BCUT2D eigenvalue weighted by Gasteiger charge is -2.07. The van der Waals surface area contributed by atoms with Gasteiger partial charge in [0, 0.05) is 5.39 Å². The first-order chi connectivity index (χ1) is 8.63. The molecule has 0 saturated carbocycles. The van der Waals surface area contributed by atoms with Gasteiger partial charge in [0.1, 0.15) is 5.75 Å². The highest BCUT2D eigenvalue weighted by Crippen LogP contribution is 2.29. The van der Waals surface area contributed by atoms with Crippen molar-refractivity contribution in [2.45, 2.75) is 0 Å². The first-order valence-corrected chi connectivity index (χ1v) is 5.33. The van der Waals surface area contributed by atoms with Crippen LogP contribution in [0.15, 0.2) is 42.2 Å². The lowest BCUT2D eigenvalue weighted by molar-refractivity contribution is -0.135. The summed E-state index contributed by atoms with van der Waals surface area (Å²) in [5.74, 6) is -1.34. The topological polar surface area (TPSA) is 66.8 Å². The van der Waals surface area contributed by atoms with Crippen LogP contribution in [-0.4, -0.2) is 23.3 Å². The molecule has 92 valence electrons. The van der Waals surface area contributed by atoms with E-state index in [0.717, 1.165) is 10.8 Å². The molecule has 0 aromatic heterocycles. The Morgan fingerprint density at radius 3 is 2.39 bits per heavy atom.